The minimum absolute atomic E-state index is 0.0299. The van der Waals surface area contributed by atoms with Crippen molar-refractivity contribution in [3.8, 4) is 10.6 Å². The fourth-order valence-electron chi connectivity index (χ4n) is 3.54. The summed E-state index contributed by atoms with van der Waals surface area (Å²) in [5.41, 5.74) is 7.86. The zero-order chi connectivity index (χ0) is 23.1. The molecule has 0 bridgehead atoms. The number of carbonyl (C=O) groups is 3. The highest BCUT2D eigenvalue weighted by atomic mass is 32.1. The van der Waals surface area contributed by atoms with Gasteiger partial charge in [-0.2, -0.15) is 0 Å². The second-order valence-electron chi connectivity index (χ2n) is 8.06. The molecule has 2 aromatic rings. The Labute approximate surface area is 191 Å². The van der Waals surface area contributed by atoms with E-state index in [1.165, 1.54) is 16.9 Å². The van der Waals surface area contributed by atoms with E-state index in [-0.39, 0.29) is 19.3 Å². The fourth-order valence-corrected chi connectivity index (χ4v) is 4.36. The second kappa shape index (κ2) is 11.2. The largest absolute Gasteiger partial charge is 0.480 e. The average Bonchev–Trinajstić information content (AvgIpc) is 3.21. The molecule has 0 saturated carbocycles. The number of amides is 2. The van der Waals surface area contributed by atoms with Gasteiger partial charge in [-0.25, -0.2) is 9.78 Å². The van der Waals surface area contributed by atoms with Crippen LogP contribution in [-0.2, 0) is 27.3 Å². The van der Waals surface area contributed by atoms with Gasteiger partial charge in [-0.05, 0) is 25.1 Å². The van der Waals surface area contributed by atoms with E-state index < -0.39 is 23.8 Å². The van der Waals surface area contributed by atoms with Gasteiger partial charge in [0, 0.05) is 50.1 Å². The number of piperazine rings is 1. The van der Waals surface area contributed by atoms with Crippen LogP contribution in [0.2, 0.25) is 0 Å². The highest BCUT2D eigenvalue weighted by Crippen LogP contribution is 2.25. The molecule has 2 amide bonds. The molecule has 0 aliphatic carbocycles. The highest BCUT2D eigenvalue weighted by Gasteiger charge is 2.21. The third-order valence-corrected chi connectivity index (χ3v) is 6.32. The molecule has 0 spiro atoms. The molecular formula is C22H29N5O4S. The molecule has 1 atom stereocenters. The van der Waals surface area contributed by atoms with Crippen molar-refractivity contribution in [2.75, 3.05) is 33.2 Å². The number of aliphatic carboxylic acids is 1. The standard InChI is InChI=1S/C22H29N5O4S/c1-26-7-9-27(10-8-26)13-15-3-2-4-16(11-15)21-24-17(14-32-21)12-20(29)25-18(22(30)31)5-6-19(23)28/h2-4,11,14,18H,5-10,12-13H2,1H3,(H2,23,28)(H,25,29)(H,30,31). The van der Waals surface area contributed by atoms with Crippen molar-refractivity contribution < 1.29 is 19.5 Å². The van der Waals surface area contributed by atoms with Crippen LogP contribution in [0.4, 0.5) is 0 Å². The summed E-state index contributed by atoms with van der Waals surface area (Å²) in [5, 5.41) is 14.3. The lowest BCUT2D eigenvalue weighted by Crippen LogP contribution is -2.43. The van der Waals surface area contributed by atoms with Crippen LogP contribution in [-0.4, -0.2) is 76.9 Å². The number of benzene rings is 1. The number of hydrogen-bond acceptors (Lipinski definition) is 7. The molecule has 1 aromatic heterocycles. The molecule has 1 aliphatic heterocycles. The summed E-state index contributed by atoms with van der Waals surface area (Å²) < 4.78 is 0. The average molecular weight is 460 g/mol. The Hall–Kier alpha value is -2.82. The summed E-state index contributed by atoms with van der Waals surface area (Å²) in [4.78, 5) is 43.8. The van der Waals surface area contributed by atoms with Crippen LogP contribution in [0.25, 0.3) is 10.6 Å². The molecule has 2 heterocycles. The van der Waals surface area contributed by atoms with Crippen LogP contribution >= 0.6 is 11.3 Å². The molecule has 32 heavy (non-hydrogen) atoms. The molecule has 10 heteroatoms. The van der Waals surface area contributed by atoms with Crippen LogP contribution < -0.4 is 11.1 Å². The van der Waals surface area contributed by atoms with Crippen molar-refractivity contribution in [3.63, 3.8) is 0 Å². The maximum absolute atomic E-state index is 12.3. The molecular weight excluding hydrogens is 430 g/mol. The Morgan fingerprint density at radius 2 is 2.00 bits per heavy atom. The summed E-state index contributed by atoms with van der Waals surface area (Å²) in [5.74, 6) is -2.26. The van der Waals surface area contributed by atoms with Gasteiger partial charge < -0.3 is 21.1 Å². The number of rotatable bonds is 10. The van der Waals surface area contributed by atoms with E-state index in [0.717, 1.165) is 43.3 Å². The SMILES string of the molecule is CN1CCN(Cc2cccc(-c3nc(CC(=O)NC(CCC(N)=O)C(=O)O)cs3)c2)CC1. The summed E-state index contributed by atoms with van der Waals surface area (Å²) in [6, 6.07) is 7.11. The number of nitrogens with zero attached hydrogens (tertiary/aromatic N) is 3. The van der Waals surface area contributed by atoms with Crippen molar-refractivity contribution in [2.24, 2.45) is 5.73 Å². The van der Waals surface area contributed by atoms with Crippen molar-refractivity contribution >= 4 is 29.1 Å². The van der Waals surface area contributed by atoms with Gasteiger partial charge in [0.15, 0.2) is 0 Å². The van der Waals surface area contributed by atoms with Crippen molar-refractivity contribution in [1.29, 1.82) is 0 Å². The Morgan fingerprint density at radius 3 is 2.69 bits per heavy atom. The first-order chi connectivity index (χ1) is 15.3. The summed E-state index contributed by atoms with van der Waals surface area (Å²) in [6.07, 6.45) is -0.181. The quantitative estimate of drug-likeness (QED) is 0.482. The van der Waals surface area contributed by atoms with Gasteiger partial charge in [-0.15, -0.1) is 11.3 Å². The molecule has 1 fully saturated rings. The number of nitrogens with two attached hydrogens (primary N) is 1. The number of nitrogens with one attached hydrogen (secondary N) is 1. The number of carboxylic acid groups (broad SMARTS) is 1. The molecule has 172 valence electrons. The highest BCUT2D eigenvalue weighted by molar-refractivity contribution is 7.13. The zero-order valence-corrected chi connectivity index (χ0v) is 18.9. The Morgan fingerprint density at radius 1 is 1.25 bits per heavy atom. The third-order valence-electron chi connectivity index (χ3n) is 5.38. The number of aromatic nitrogens is 1. The van der Waals surface area contributed by atoms with Crippen LogP contribution in [0.15, 0.2) is 29.6 Å². The summed E-state index contributed by atoms with van der Waals surface area (Å²) >= 11 is 1.45. The molecule has 1 saturated heterocycles. The lowest BCUT2D eigenvalue weighted by atomic mass is 10.1. The molecule has 4 N–H and O–H groups in total. The summed E-state index contributed by atoms with van der Waals surface area (Å²) in [7, 11) is 2.14. The first-order valence-electron chi connectivity index (χ1n) is 10.5. The Bertz CT molecular complexity index is 955. The van der Waals surface area contributed by atoms with E-state index in [1.54, 1.807) is 5.38 Å². The number of thiazole rings is 1. The van der Waals surface area contributed by atoms with Gasteiger partial charge in [-0.3, -0.25) is 14.5 Å². The van der Waals surface area contributed by atoms with Gasteiger partial charge in [0.05, 0.1) is 12.1 Å². The maximum Gasteiger partial charge on any atom is 0.326 e. The fraction of sp³-hybridized carbons (Fsp3) is 0.455. The number of carbonyl (C=O) groups excluding carboxylic acids is 2. The van der Waals surface area contributed by atoms with Crippen molar-refractivity contribution in [2.45, 2.75) is 31.8 Å². The lowest BCUT2D eigenvalue weighted by molar-refractivity contribution is -0.142. The lowest BCUT2D eigenvalue weighted by Gasteiger charge is -2.32. The van der Waals surface area contributed by atoms with E-state index in [9.17, 15) is 19.5 Å². The minimum atomic E-state index is -1.20. The molecule has 3 rings (SSSR count). The van der Waals surface area contributed by atoms with Crippen molar-refractivity contribution in [3.05, 3.63) is 40.9 Å². The predicted octanol–water partition coefficient (Wildman–Crippen LogP) is 0.935. The van der Waals surface area contributed by atoms with Crippen molar-refractivity contribution in [1.82, 2.24) is 20.1 Å². The number of primary amides is 1. The van der Waals surface area contributed by atoms with E-state index >= 15 is 0 Å². The molecule has 9 nitrogen and oxygen atoms in total. The molecule has 1 aliphatic rings. The second-order valence-corrected chi connectivity index (χ2v) is 8.92. The van der Waals surface area contributed by atoms with Gasteiger partial charge in [0.25, 0.3) is 0 Å². The number of likely N-dealkylation sites (N-methyl/N-ethyl adjacent to an activating group) is 1. The van der Waals surface area contributed by atoms with E-state index in [4.69, 9.17) is 5.73 Å². The third kappa shape index (κ3) is 7.11. The number of carboxylic acids is 1. The van der Waals surface area contributed by atoms with Gasteiger partial charge in [-0.1, -0.05) is 18.2 Å². The Kier molecular flexibility index (Phi) is 8.32. The van der Waals surface area contributed by atoms with E-state index in [1.807, 2.05) is 12.1 Å². The zero-order valence-electron chi connectivity index (χ0n) is 18.1. The van der Waals surface area contributed by atoms with Gasteiger partial charge in [0.1, 0.15) is 11.0 Å². The van der Waals surface area contributed by atoms with E-state index in [0.29, 0.717) is 5.69 Å². The Balaban J connectivity index is 1.58. The van der Waals surface area contributed by atoms with E-state index in [2.05, 4.69) is 39.3 Å². The topological polar surface area (TPSA) is 129 Å². The van der Waals surface area contributed by atoms with Crippen LogP contribution in [0.5, 0.6) is 0 Å². The molecule has 1 aromatic carbocycles. The van der Waals surface area contributed by atoms with Crippen LogP contribution in [0.3, 0.4) is 0 Å². The summed E-state index contributed by atoms with van der Waals surface area (Å²) in [6.45, 7) is 5.14. The smallest absolute Gasteiger partial charge is 0.326 e. The van der Waals surface area contributed by atoms with Gasteiger partial charge in [0.2, 0.25) is 11.8 Å². The van der Waals surface area contributed by atoms with Crippen LogP contribution in [0.1, 0.15) is 24.1 Å². The number of hydrogen-bond donors (Lipinski definition) is 3. The predicted molar refractivity (Wildman–Crippen MR) is 122 cm³/mol. The molecule has 0 radical (unpaired) electrons. The normalized spacial score (nSPS) is 15.9. The van der Waals surface area contributed by atoms with Gasteiger partial charge >= 0.3 is 5.97 Å². The molecule has 1 unspecified atom stereocenters. The first-order valence-corrected chi connectivity index (χ1v) is 11.4. The first kappa shape index (κ1) is 23.8. The monoisotopic (exact) mass is 459 g/mol. The van der Waals surface area contributed by atoms with Crippen LogP contribution in [0, 0.1) is 0 Å². The maximum atomic E-state index is 12.3. The minimum Gasteiger partial charge on any atom is -0.480 e.